The van der Waals surface area contributed by atoms with Crippen LogP contribution < -0.4 is 10.1 Å². The number of phenols is 1. The number of benzene rings is 1. The first-order valence-electron chi connectivity index (χ1n) is 5.09. The summed E-state index contributed by atoms with van der Waals surface area (Å²) in [6.07, 6.45) is 0. The molecule has 0 amide bonds. The first-order chi connectivity index (χ1) is 7.20. The van der Waals surface area contributed by atoms with E-state index in [4.69, 9.17) is 4.74 Å². The van der Waals surface area contributed by atoms with E-state index in [1.807, 2.05) is 17.8 Å². The molecule has 15 heavy (non-hydrogen) atoms. The van der Waals surface area contributed by atoms with E-state index in [2.05, 4.69) is 12.2 Å². The minimum absolute atomic E-state index is 0.0809. The summed E-state index contributed by atoms with van der Waals surface area (Å²) < 4.78 is 5.62. The van der Waals surface area contributed by atoms with Gasteiger partial charge in [-0.1, -0.05) is 6.92 Å². The van der Waals surface area contributed by atoms with Gasteiger partial charge in [-0.3, -0.25) is 5.32 Å². The van der Waals surface area contributed by atoms with Gasteiger partial charge in [0, 0.05) is 23.4 Å². The number of hydrogen-bond acceptors (Lipinski definition) is 4. The average Bonchev–Trinajstić information content (AvgIpc) is 2.73. The number of nitrogens with one attached hydrogen (secondary N) is 1. The van der Waals surface area contributed by atoms with Crippen LogP contribution in [-0.2, 0) is 4.87 Å². The third kappa shape index (κ3) is 1.32. The van der Waals surface area contributed by atoms with Crippen LogP contribution in [0, 0.1) is 0 Å². The van der Waals surface area contributed by atoms with Crippen LogP contribution in [-0.4, -0.2) is 23.5 Å². The van der Waals surface area contributed by atoms with Gasteiger partial charge in [0.05, 0.1) is 0 Å². The zero-order chi connectivity index (χ0) is 10.5. The normalized spacial score (nSPS) is 33.0. The van der Waals surface area contributed by atoms with Crippen molar-refractivity contribution in [2.24, 2.45) is 0 Å². The molecule has 1 fully saturated rings. The highest BCUT2D eigenvalue weighted by Crippen LogP contribution is 2.49. The molecule has 2 atom stereocenters. The quantitative estimate of drug-likeness (QED) is 0.702. The third-order valence-corrected chi connectivity index (χ3v) is 4.36. The van der Waals surface area contributed by atoms with Gasteiger partial charge in [0.25, 0.3) is 0 Å². The molecule has 2 heterocycles. The van der Waals surface area contributed by atoms with E-state index in [9.17, 15) is 5.11 Å². The lowest BCUT2D eigenvalue weighted by molar-refractivity contribution is 0.300. The van der Waals surface area contributed by atoms with Gasteiger partial charge < -0.3 is 9.84 Å². The Bertz CT molecular complexity index is 410. The summed E-state index contributed by atoms with van der Waals surface area (Å²) in [6.45, 7) is 3.87. The molecule has 0 aromatic heterocycles. The molecule has 1 saturated heterocycles. The number of fused-ring (bicyclic) bond motifs is 2. The fourth-order valence-electron chi connectivity index (χ4n) is 2.20. The minimum Gasteiger partial charge on any atom is -0.508 e. The predicted molar refractivity (Wildman–Crippen MR) is 60.3 cm³/mol. The Morgan fingerprint density at radius 1 is 1.60 bits per heavy atom. The predicted octanol–water partition coefficient (Wildman–Crippen LogP) is 1.66. The SMILES string of the molecule is CC1CNC2(COc3cc(O)ccc32)S1. The van der Waals surface area contributed by atoms with E-state index in [0.717, 1.165) is 17.9 Å². The van der Waals surface area contributed by atoms with E-state index >= 15 is 0 Å². The Morgan fingerprint density at radius 3 is 3.20 bits per heavy atom. The maximum Gasteiger partial charge on any atom is 0.129 e. The highest BCUT2D eigenvalue weighted by Gasteiger charge is 2.46. The van der Waals surface area contributed by atoms with Gasteiger partial charge in [0.2, 0.25) is 0 Å². The van der Waals surface area contributed by atoms with Crippen molar-refractivity contribution >= 4 is 11.8 Å². The molecule has 2 aliphatic heterocycles. The van der Waals surface area contributed by atoms with Crippen LogP contribution in [0.4, 0.5) is 0 Å². The van der Waals surface area contributed by atoms with Crippen molar-refractivity contribution in [2.45, 2.75) is 17.0 Å². The second kappa shape index (κ2) is 3.06. The monoisotopic (exact) mass is 223 g/mol. The van der Waals surface area contributed by atoms with Crippen LogP contribution in [0.15, 0.2) is 18.2 Å². The van der Waals surface area contributed by atoms with E-state index in [1.54, 1.807) is 12.1 Å². The molecule has 2 N–H and O–H groups in total. The molecular formula is C11H13NO2S. The Hall–Kier alpha value is -0.870. The van der Waals surface area contributed by atoms with Crippen LogP contribution in [0.1, 0.15) is 12.5 Å². The topological polar surface area (TPSA) is 41.5 Å². The van der Waals surface area contributed by atoms with E-state index < -0.39 is 0 Å². The molecule has 1 spiro atoms. The summed E-state index contributed by atoms with van der Waals surface area (Å²) >= 11 is 1.91. The lowest BCUT2D eigenvalue weighted by Gasteiger charge is -2.21. The van der Waals surface area contributed by atoms with E-state index in [-0.39, 0.29) is 10.6 Å². The molecule has 0 radical (unpaired) electrons. The van der Waals surface area contributed by atoms with Crippen LogP contribution in [0.5, 0.6) is 11.5 Å². The van der Waals surface area contributed by atoms with Gasteiger partial charge in [-0.15, -0.1) is 11.8 Å². The molecule has 3 nitrogen and oxygen atoms in total. The summed E-state index contributed by atoms with van der Waals surface area (Å²) in [5.41, 5.74) is 1.16. The molecule has 4 heteroatoms. The highest BCUT2D eigenvalue weighted by molar-refractivity contribution is 8.01. The summed E-state index contributed by atoms with van der Waals surface area (Å²) in [7, 11) is 0. The van der Waals surface area contributed by atoms with Crippen molar-refractivity contribution in [1.82, 2.24) is 5.32 Å². The van der Waals surface area contributed by atoms with Crippen LogP contribution in [0.3, 0.4) is 0 Å². The summed E-state index contributed by atoms with van der Waals surface area (Å²) in [6, 6.07) is 5.37. The summed E-state index contributed by atoms with van der Waals surface area (Å²) in [5.74, 6) is 1.07. The smallest absolute Gasteiger partial charge is 0.129 e. The number of thioether (sulfide) groups is 1. The van der Waals surface area contributed by atoms with Crippen molar-refractivity contribution in [3.63, 3.8) is 0 Å². The van der Waals surface area contributed by atoms with Gasteiger partial charge in [0.1, 0.15) is 23.0 Å². The molecule has 0 bridgehead atoms. The van der Waals surface area contributed by atoms with E-state index in [0.29, 0.717) is 11.9 Å². The van der Waals surface area contributed by atoms with E-state index in [1.165, 1.54) is 0 Å². The van der Waals surface area contributed by atoms with Crippen molar-refractivity contribution in [3.8, 4) is 11.5 Å². The maximum absolute atomic E-state index is 9.37. The van der Waals surface area contributed by atoms with Crippen LogP contribution in [0.25, 0.3) is 0 Å². The zero-order valence-electron chi connectivity index (χ0n) is 8.49. The number of rotatable bonds is 0. The Labute approximate surface area is 92.8 Å². The minimum atomic E-state index is -0.0809. The van der Waals surface area contributed by atoms with Gasteiger partial charge in [0.15, 0.2) is 0 Å². The Balaban J connectivity index is 2.04. The molecule has 3 rings (SSSR count). The first-order valence-corrected chi connectivity index (χ1v) is 5.97. The Kier molecular flexibility index (Phi) is 1.91. The van der Waals surface area contributed by atoms with Gasteiger partial charge in [-0.25, -0.2) is 0 Å². The van der Waals surface area contributed by atoms with Crippen LogP contribution in [0.2, 0.25) is 0 Å². The number of aromatic hydroxyl groups is 1. The fraction of sp³-hybridized carbons (Fsp3) is 0.455. The molecular weight excluding hydrogens is 210 g/mol. The van der Waals surface area contributed by atoms with Crippen molar-refractivity contribution < 1.29 is 9.84 Å². The number of phenolic OH excluding ortho intramolecular Hbond substituents is 1. The van der Waals surface area contributed by atoms with Gasteiger partial charge >= 0.3 is 0 Å². The molecule has 2 aliphatic rings. The number of hydrogen-bond donors (Lipinski definition) is 2. The summed E-state index contributed by atoms with van der Waals surface area (Å²) in [5, 5.41) is 13.5. The molecule has 0 aliphatic carbocycles. The maximum atomic E-state index is 9.37. The first kappa shape index (κ1) is 9.36. The standard InChI is InChI=1S/C11H13NO2S/c1-7-5-12-11(15-7)6-14-10-4-8(13)2-3-9(10)11/h2-4,7,12-13H,5-6H2,1H3. The van der Waals surface area contributed by atoms with Crippen molar-refractivity contribution in [1.29, 1.82) is 0 Å². The van der Waals surface area contributed by atoms with Gasteiger partial charge in [-0.2, -0.15) is 0 Å². The lowest BCUT2D eigenvalue weighted by atomic mass is 10.1. The third-order valence-electron chi connectivity index (χ3n) is 2.91. The van der Waals surface area contributed by atoms with Crippen LogP contribution >= 0.6 is 11.8 Å². The average molecular weight is 223 g/mol. The molecule has 80 valence electrons. The Morgan fingerprint density at radius 2 is 2.47 bits per heavy atom. The molecule has 0 saturated carbocycles. The molecule has 1 aromatic rings. The lowest BCUT2D eigenvalue weighted by Crippen LogP contribution is -2.35. The second-order valence-electron chi connectivity index (χ2n) is 4.11. The zero-order valence-corrected chi connectivity index (χ0v) is 9.30. The summed E-state index contributed by atoms with van der Waals surface area (Å²) in [4.78, 5) is -0.0809. The number of ether oxygens (including phenoxy) is 1. The molecule has 2 unspecified atom stereocenters. The largest absolute Gasteiger partial charge is 0.508 e. The molecule has 1 aromatic carbocycles. The fourth-order valence-corrected chi connectivity index (χ4v) is 3.64. The van der Waals surface area contributed by atoms with Gasteiger partial charge in [-0.05, 0) is 12.1 Å². The highest BCUT2D eigenvalue weighted by atomic mass is 32.2. The second-order valence-corrected chi connectivity index (χ2v) is 5.84. The van der Waals surface area contributed by atoms with Crippen molar-refractivity contribution in [2.75, 3.05) is 13.2 Å². The van der Waals surface area contributed by atoms with Crippen molar-refractivity contribution in [3.05, 3.63) is 23.8 Å².